The van der Waals surface area contributed by atoms with Crippen LogP contribution in [0.4, 0.5) is 13.2 Å². The van der Waals surface area contributed by atoms with Gasteiger partial charge in [0.2, 0.25) is 0 Å². The maximum Gasteiger partial charge on any atom is 0.258 e. The third kappa shape index (κ3) is 2.99. The predicted octanol–water partition coefficient (Wildman–Crippen LogP) is 5.95. The van der Waals surface area contributed by atoms with Crippen LogP contribution in [-0.2, 0) is 5.67 Å². The Hall–Kier alpha value is -3.74. The Bertz CT molecular complexity index is 1390. The first-order valence-corrected chi connectivity index (χ1v) is 9.18. The van der Waals surface area contributed by atoms with Crippen LogP contribution in [0.2, 0.25) is 0 Å². The molecule has 3 heterocycles. The number of halogens is 3. The topological polar surface area (TPSA) is 51.8 Å². The molecule has 5 rings (SSSR count). The number of hydrogen-bond donors (Lipinski definition) is 0. The van der Waals surface area contributed by atoms with Crippen LogP contribution in [0.15, 0.2) is 71.5 Å². The van der Waals surface area contributed by atoms with E-state index in [1.807, 2.05) is 6.07 Å². The van der Waals surface area contributed by atoms with Crippen LogP contribution in [0.3, 0.4) is 0 Å². The molecule has 0 N–H and O–H groups in total. The summed E-state index contributed by atoms with van der Waals surface area (Å²) in [7, 11) is 0. The molecule has 0 radical (unpaired) electrons. The average Bonchev–Trinajstić information content (AvgIpc) is 3.17. The molecule has 5 aromatic rings. The summed E-state index contributed by atoms with van der Waals surface area (Å²) >= 11 is 0. The van der Waals surface area contributed by atoms with Crippen LogP contribution in [0.5, 0.6) is 0 Å². The number of rotatable bonds is 3. The van der Waals surface area contributed by atoms with Gasteiger partial charge in [-0.2, -0.15) is 0 Å². The molecule has 0 saturated carbocycles. The lowest BCUT2D eigenvalue weighted by molar-refractivity contribution is 0.235. The maximum absolute atomic E-state index is 16.0. The van der Waals surface area contributed by atoms with E-state index in [-0.39, 0.29) is 17.0 Å². The van der Waals surface area contributed by atoms with Gasteiger partial charge in [-0.05, 0) is 54.4 Å². The lowest BCUT2D eigenvalue weighted by atomic mass is 9.91. The van der Waals surface area contributed by atoms with Crippen molar-refractivity contribution >= 4 is 22.0 Å². The highest BCUT2D eigenvalue weighted by Gasteiger charge is 2.35. The standard InChI is InChI=1S/C23H14F3N3O/c1-23(26,16-4-5-20-13(7-16)3-2-6-27-20)21-19-10-15(12-28-22(19)30-29-21)14-8-17(24)11-18(25)9-14/h2-12H,1H3. The van der Waals surface area contributed by atoms with E-state index in [4.69, 9.17) is 4.52 Å². The average molecular weight is 405 g/mol. The van der Waals surface area contributed by atoms with Crippen molar-refractivity contribution in [1.82, 2.24) is 15.1 Å². The molecule has 0 aliphatic rings. The van der Waals surface area contributed by atoms with E-state index < -0.39 is 17.3 Å². The van der Waals surface area contributed by atoms with Gasteiger partial charge in [-0.15, -0.1) is 0 Å². The number of alkyl halides is 1. The minimum atomic E-state index is -2.00. The molecule has 0 aliphatic heterocycles. The van der Waals surface area contributed by atoms with Crippen molar-refractivity contribution in [2.24, 2.45) is 0 Å². The summed E-state index contributed by atoms with van der Waals surface area (Å²) in [5, 5.41) is 5.04. The second kappa shape index (κ2) is 6.66. The first-order valence-electron chi connectivity index (χ1n) is 9.18. The Kier molecular flexibility index (Phi) is 4.06. The van der Waals surface area contributed by atoms with Crippen LogP contribution < -0.4 is 0 Å². The third-order valence-corrected chi connectivity index (χ3v) is 5.12. The molecule has 4 nitrogen and oxygen atoms in total. The highest BCUT2D eigenvalue weighted by Crippen LogP contribution is 2.38. The van der Waals surface area contributed by atoms with Crippen molar-refractivity contribution in [3.8, 4) is 11.1 Å². The van der Waals surface area contributed by atoms with Gasteiger partial charge in [0, 0.05) is 29.4 Å². The van der Waals surface area contributed by atoms with Crippen molar-refractivity contribution in [2.45, 2.75) is 12.6 Å². The monoisotopic (exact) mass is 405 g/mol. The normalized spacial score (nSPS) is 13.6. The summed E-state index contributed by atoms with van der Waals surface area (Å²) in [6, 6.07) is 13.5. The fraction of sp³-hybridized carbons (Fsp3) is 0.0870. The summed E-state index contributed by atoms with van der Waals surface area (Å²) in [5.41, 5.74) is 0.00157. The molecular weight excluding hydrogens is 391 g/mol. The number of nitrogens with zero attached hydrogens (tertiary/aromatic N) is 3. The number of hydrogen-bond acceptors (Lipinski definition) is 4. The smallest absolute Gasteiger partial charge is 0.258 e. The van der Waals surface area contributed by atoms with Crippen LogP contribution >= 0.6 is 0 Å². The zero-order valence-corrected chi connectivity index (χ0v) is 15.7. The van der Waals surface area contributed by atoms with Gasteiger partial charge < -0.3 is 4.52 Å². The predicted molar refractivity (Wildman–Crippen MR) is 106 cm³/mol. The van der Waals surface area contributed by atoms with Gasteiger partial charge >= 0.3 is 0 Å². The fourth-order valence-corrected chi connectivity index (χ4v) is 3.55. The quantitative estimate of drug-likeness (QED) is 0.372. The number of pyridine rings is 2. The van der Waals surface area contributed by atoms with Gasteiger partial charge in [-0.25, -0.2) is 18.2 Å². The van der Waals surface area contributed by atoms with Gasteiger partial charge in [0.15, 0.2) is 5.67 Å². The Morgan fingerprint density at radius 3 is 2.50 bits per heavy atom. The molecule has 0 aliphatic carbocycles. The Balaban J connectivity index is 1.65. The summed E-state index contributed by atoms with van der Waals surface area (Å²) < 4.78 is 48.5. The second-order valence-corrected chi connectivity index (χ2v) is 7.18. The van der Waals surface area contributed by atoms with E-state index in [1.54, 1.807) is 36.5 Å². The summed E-state index contributed by atoms with van der Waals surface area (Å²) in [6.45, 7) is 1.39. The van der Waals surface area contributed by atoms with E-state index >= 15 is 4.39 Å². The van der Waals surface area contributed by atoms with Crippen molar-refractivity contribution < 1.29 is 17.7 Å². The van der Waals surface area contributed by atoms with Gasteiger partial charge in [0.05, 0.1) is 10.9 Å². The Morgan fingerprint density at radius 1 is 0.900 bits per heavy atom. The van der Waals surface area contributed by atoms with E-state index in [1.165, 1.54) is 25.3 Å². The van der Waals surface area contributed by atoms with Gasteiger partial charge in [-0.1, -0.05) is 17.3 Å². The largest absolute Gasteiger partial charge is 0.335 e. The molecule has 0 spiro atoms. The minimum Gasteiger partial charge on any atom is -0.335 e. The molecule has 2 aromatic carbocycles. The molecule has 0 bridgehead atoms. The van der Waals surface area contributed by atoms with E-state index in [0.717, 1.165) is 17.0 Å². The van der Waals surface area contributed by atoms with E-state index in [0.29, 0.717) is 16.5 Å². The lowest BCUT2D eigenvalue weighted by Gasteiger charge is -2.19. The molecule has 1 atom stereocenters. The van der Waals surface area contributed by atoms with Crippen molar-refractivity contribution in [1.29, 1.82) is 0 Å². The second-order valence-electron chi connectivity index (χ2n) is 7.18. The highest BCUT2D eigenvalue weighted by atomic mass is 19.1. The third-order valence-electron chi connectivity index (χ3n) is 5.12. The molecule has 0 fully saturated rings. The van der Waals surface area contributed by atoms with E-state index in [2.05, 4.69) is 15.1 Å². The molecular formula is C23H14F3N3O. The molecule has 30 heavy (non-hydrogen) atoms. The molecule has 148 valence electrons. The molecule has 7 heteroatoms. The maximum atomic E-state index is 16.0. The zero-order valence-electron chi connectivity index (χ0n) is 15.7. The highest BCUT2D eigenvalue weighted by molar-refractivity contribution is 5.84. The van der Waals surface area contributed by atoms with Crippen molar-refractivity contribution in [3.05, 3.63) is 89.9 Å². The number of fused-ring (bicyclic) bond motifs is 2. The summed E-state index contributed by atoms with van der Waals surface area (Å²) in [6.07, 6.45) is 3.08. The first-order chi connectivity index (χ1) is 14.4. The molecule has 3 aromatic heterocycles. The van der Waals surface area contributed by atoms with Crippen LogP contribution in [0.25, 0.3) is 33.1 Å². The van der Waals surface area contributed by atoms with Crippen molar-refractivity contribution in [3.63, 3.8) is 0 Å². The Labute approximate surface area is 169 Å². The van der Waals surface area contributed by atoms with Crippen molar-refractivity contribution in [2.75, 3.05) is 0 Å². The Morgan fingerprint density at radius 2 is 1.70 bits per heavy atom. The first kappa shape index (κ1) is 18.3. The minimum absolute atomic E-state index is 0.0342. The molecule has 0 amide bonds. The van der Waals surface area contributed by atoms with Gasteiger partial charge in [-0.3, -0.25) is 4.98 Å². The summed E-state index contributed by atoms with van der Waals surface area (Å²) in [5.74, 6) is -1.42. The molecule has 0 saturated heterocycles. The van der Waals surface area contributed by atoms with Crippen LogP contribution in [0.1, 0.15) is 18.2 Å². The van der Waals surface area contributed by atoms with Gasteiger partial charge in [0.1, 0.15) is 17.3 Å². The van der Waals surface area contributed by atoms with Crippen LogP contribution in [0, 0.1) is 11.6 Å². The van der Waals surface area contributed by atoms with E-state index in [9.17, 15) is 8.78 Å². The fourth-order valence-electron chi connectivity index (χ4n) is 3.55. The lowest BCUT2D eigenvalue weighted by Crippen LogP contribution is -2.18. The number of aromatic nitrogens is 3. The molecule has 1 unspecified atom stereocenters. The van der Waals surface area contributed by atoms with Gasteiger partial charge in [0.25, 0.3) is 5.71 Å². The zero-order chi connectivity index (χ0) is 20.9. The number of benzene rings is 2. The van der Waals surface area contributed by atoms with Crippen LogP contribution in [-0.4, -0.2) is 15.1 Å². The summed E-state index contributed by atoms with van der Waals surface area (Å²) in [4.78, 5) is 8.39. The SMILES string of the molecule is CC(F)(c1ccc2ncccc2c1)c1noc2ncc(-c3cc(F)cc(F)c3)cc12.